The summed E-state index contributed by atoms with van der Waals surface area (Å²) in [4.78, 5) is 19.9. The Hall–Kier alpha value is -2.96. The van der Waals surface area contributed by atoms with E-state index in [-0.39, 0.29) is 6.03 Å². The van der Waals surface area contributed by atoms with E-state index in [0.29, 0.717) is 18.9 Å². The van der Waals surface area contributed by atoms with Gasteiger partial charge in [0.1, 0.15) is 6.33 Å². The molecule has 0 radical (unpaired) electrons. The maximum absolute atomic E-state index is 11.7. The number of amides is 2. The van der Waals surface area contributed by atoms with E-state index in [4.69, 9.17) is 0 Å². The second-order valence-electron chi connectivity index (χ2n) is 5.49. The molecule has 0 saturated carbocycles. The molecule has 2 aromatic heterocycles. The van der Waals surface area contributed by atoms with Crippen LogP contribution in [0, 0.1) is 0 Å². The van der Waals surface area contributed by atoms with Crippen molar-refractivity contribution in [2.24, 2.45) is 0 Å². The smallest absolute Gasteiger partial charge is 0.314 e. The number of carbonyl (C=O) groups excluding carboxylic acids is 1. The fraction of sp³-hybridized carbons (Fsp3) is 0.294. The Morgan fingerprint density at radius 2 is 1.83 bits per heavy atom. The van der Waals surface area contributed by atoms with Crippen LogP contribution in [-0.4, -0.2) is 38.7 Å². The third-order valence-electron chi connectivity index (χ3n) is 3.66. The van der Waals surface area contributed by atoms with Gasteiger partial charge in [-0.3, -0.25) is 0 Å². The van der Waals surface area contributed by atoms with Gasteiger partial charge in [0.05, 0.1) is 0 Å². The van der Waals surface area contributed by atoms with Crippen molar-refractivity contribution >= 4 is 11.8 Å². The lowest BCUT2D eigenvalue weighted by Gasteiger charge is -2.07. The Morgan fingerprint density at radius 3 is 2.71 bits per heavy atom. The standard InChI is InChI=1S/C17H20N6O/c24-17(19-10-8-14-5-2-1-3-6-14)18-9-4-7-15-11-20-16-21-13-22-23(16)12-15/h1-3,5-6,11-13H,4,7-10H2,(H2,18,19,24). The monoisotopic (exact) mass is 324 g/mol. The molecule has 1 aromatic carbocycles. The molecule has 0 saturated heterocycles. The van der Waals surface area contributed by atoms with Crippen molar-refractivity contribution in [1.29, 1.82) is 0 Å². The summed E-state index contributed by atoms with van der Waals surface area (Å²) in [7, 11) is 0. The number of aryl methyl sites for hydroxylation is 1. The fourth-order valence-electron chi connectivity index (χ4n) is 2.41. The summed E-state index contributed by atoms with van der Waals surface area (Å²) >= 11 is 0. The molecule has 3 rings (SSSR count). The van der Waals surface area contributed by atoms with Crippen molar-refractivity contribution in [3.8, 4) is 0 Å². The largest absolute Gasteiger partial charge is 0.338 e. The zero-order chi connectivity index (χ0) is 16.6. The molecule has 2 N–H and O–H groups in total. The molecular weight excluding hydrogens is 304 g/mol. The van der Waals surface area contributed by atoms with Crippen molar-refractivity contribution in [2.75, 3.05) is 13.1 Å². The normalized spacial score (nSPS) is 10.7. The number of nitrogens with zero attached hydrogens (tertiary/aromatic N) is 4. The highest BCUT2D eigenvalue weighted by Gasteiger charge is 2.02. The van der Waals surface area contributed by atoms with Crippen molar-refractivity contribution in [3.05, 3.63) is 60.2 Å². The van der Waals surface area contributed by atoms with E-state index < -0.39 is 0 Å². The van der Waals surface area contributed by atoms with Gasteiger partial charge in [0.15, 0.2) is 0 Å². The summed E-state index contributed by atoms with van der Waals surface area (Å²) in [5.41, 5.74) is 2.29. The average Bonchev–Trinajstić information content (AvgIpc) is 3.07. The molecule has 0 unspecified atom stereocenters. The average molecular weight is 324 g/mol. The molecule has 0 spiro atoms. The molecule has 2 heterocycles. The Kier molecular flexibility index (Phi) is 5.34. The Morgan fingerprint density at radius 1 is 1.00 bits per heavy atom. The Labute approximate surface area is 140 Å². The first-order valence-corrected chi connectivity index (χ1v) is 8.01. The van der Waals surface area contributed by atoms with Crippen molar-refractivity contribution in [1.82, 2.24) is 30.2 Å². The van der Waals surface area contributed by atoms with Crippen LogP contribution in [0.5, 0.6) is 0 Å². The highest BCUT2D eigenvalue weighted by Crippen LogP contribution is 2.02. The molecule has 124 valence electrons. The van der Waals surface area contributed by atoms with Gasteiger partial charge in [-0.05, 0) is 30.4 Å². The SMILES string of the molecule is O=C(NCCCc1cnc2ncnn2c1)NCCc1ccccc1. The number of nitrogens with one attached hydrogen (secondary N) is 2. The quantitative estimate of drug-likeness (QED) is 0.647. The molecule has 24 heavy (non-hydrogen) atoms. The van der Waals surface area contributed by atoms with E-state index in [0.717, 1.165) is 24.8 Å². The number of fused-ring (bicyclic) bond motifs is 1. The van der Waals surface area contributed by atoms with Gasteiger partial charge >= 0.3 is 6.03 Å². The number of hydrogen-bond acceptors (Lipinski definition) is 4. The summed E-state index contributed by atoms with van der Waals surface area (Å²) in [6.07, 6.45) is 7.69. The molecular formula is C17H20N6O. The molecule has 0 fully saturated rings. The lowest BCUT2D eigenvalue weighted by molar-refractivity contribution is 0.241. The van der Waals surface area contributed by atoms with Crippen molar-refractivity contribution in [2.45, 2.75) is 19.3 Å². The van der Waals surface area contributed by atoms with Gasteiger partial charge in [-0.25, -0.2) is 14.3 Å². The van der Waals surface area contributed by atoms with Crippen LogP contribution in [0.3, 0.4) is 0 Å². The first-order valence-electron chi connectivity index (χ1n) is 8.01. The van der Waals surface area contributed by atoms with E-state index in [1.54, 1.807) is 10.7 Å². The number of urea groups is 1. The highest BCUT2D eigenvalue weighted by molar-refractivity contribution is 5.73. The number of aromatic nitrogens is 4. The molecule has 0 bridgehead atoms. The lowest BCUT2D eigenvalue weighted by atomic mass is 10.1. The number of rotatable bonds is 7. The first kappa shape index (κ1) is 15.9. The van der Waals surface area contributed by atoms with Crippen LogP contribution in [0.4, 0.5) is 4.79 Å². The van der Waals surface area contributed by atoms with Crippen molar-refractivity contribution in [3.63, 3.8) is 0 Å². The second kappa shape index (κ2) is 8.05. The predicted molar refractivity (Wildman–Crippen MR) is 90.7 cm³/mol. The van der Waals surface area contributed by atoms with Crippen LogP contribution >= 0.6 is 0 Å². The third kappa shape index (κ3) is 4.52. The van der Waals surface area contributed by atoms with Crippen LogP contribution in [0.2, 0.25) is 0 Å². The second-order valence-corrected chi connectivity index (χ2v) is 5.49. The minimum Gasteiger partial charge on any atom is -0.338 e. The van der Waals surface area contributed by atoms with Gasteiger partial charge in [-0.2, -0.15) is 10.1 Å². The minimum atomic E-state index is -0.129. The summed E-state index contributed by atoms with van der Waals surface area (Å²) in [6, 6.07) is 9.97. The Balaban J connectivity index is 1.31. The number of benzene rings is 1. The van der Waals surface area contributed by atoms with E-state index in [2.05, 4.69) is 37.8 Å². The summed E-state index contributed by atoms with van der Waals surface area (Å²) in [5.74, 6) is 0.592. The summed E-state index contributed by atoms with van der Waals surface area (Å²) < 4.78 is 1.65. The summed E-state index contributed by atoms with van der Waals surface area (Å²) in [5, 5.41) is 9.79. The summed E-state index contributed by atoms with van der Waals surface area (Å²) in [6.45, 7) is 1.25. The fourth-order valence-corrected chi connectivity index (χ4v) is 2.41. The predicted octanol–water partition coefficient (Wildman–Crippen LogP) is 1.60. The van der Waals surface area contributed by atoms with Crippen LogP contribution < -0.4 is 10.6 Å². The van der Waals surface area contributed by atoms with E-state index >= 15 is 0 Å². The molecule has 0 aliphatic heterocycles. The maximum Gasteiger partial charge on any atom is 0.314 e. The molecule has 7 nitrogen and oxygen atoms in total. The number of hydrogen-bond donors (Lipinski definition) is 2. The van der Waals surface area contributed by atoms with Gasteiger partial charge in [0.2, 0.25) is 0 Å². The molecule has 0 atom stereocenters. The van der Waals surface area contributed by atoms with Crippen LogP contribution in [0.15, 0.2) is 49.1 Å². The lowest BCUT2D eigenvalue weighted by Crippen LogP contribution is -2.37. The van der Waals surface area contributed by atoms with Gasteiger partial charge in [0, 0.05) is 25.5 Å². The topological polar surface area (TPSA) is 84.2 Å². The van der Waals surface area contributed by atoms with Gasteiger partial charge in [0.25, 0.3) is 5.78 Å². The third-order valence-corrected chi connectivity index (χ3v) is 3.66. The molecule has 7 heteroatoms. The maximum atomic E-state index is 11.7. The number of carbonyl (C=O) groups is 1. The minimum absolute atomic E-state index is 0.129. The molecule has 0 aliphatic rings. The van der Waals surface area contributed by atoms with Crippen LogP contribution in [0.1, 0.15) is 17.5 Å². The van der Waals surface area contributed by atoms with Crippen LogP contribution in [-0.2, 0) is 12.8 Å². The highest BCUT2D eigenvalue weighted by atomic mass is 16.2. The van der Waals surface area contributed by atoms with Crippen LogP contribution in [0.25, 0.3) is 5.78 Å². The van der Waals surface area contributed by atoms with Gasteiger partial charge in [-0.15, -0.1) is 0 Å². The van der Waals surface area contributed by atoms with Crippen molar-refractivity contribution < 1.29 is 4.79 Å². The molecule has 3 aromatic rings. The first-order chi connectivity index (χ1) is 11.8. The van der Waals surface area contributed by atoms with E-state index in [1.807, 2.05) is 24.4 Å². The van der Waals surface area contributed by atoms with E-state index in [9.17, 15) is 4.79 Å². The zero-order valence-corrected chi connectivity index (χ0v) is 13.4. The van der Waals surface area contributed by atoms with Gasteiger partial charge in [-0.1, -0.05) is 30.3 Å². The molecule has 2 amide bonds. The molecule has 0 aliphatic carbocycles. The van der Waals surface area contributed by atoms with Gasteiger partial charge < -0.3 is 10.6 Å². The Bertz CT molecular complexity index is 786. The zero-order valence-electron chi connectivity index (χ0n) is 13.4. The van der Waals surface area contributed by atoms with E-state index in [1.165, 1.54) is 11.9 Å².